The highest BCUT2D eigenvalue weighted by molar-refractivity contribution is 7.97. The van der Waals surface area contributed by atoms with Crippen LogP contribution in [0, 0.1) is 0 Å². The lowest BCUT2D eigenvalue weighted by Gasteiger charge is -2.26. The summed E-state index contributed by atoms with van der Waals surface area (Å²) in [6, 6.07) is 16.6. The molecular weight excluding hydrogens is 580 g/mol. The number of carbonyl (C=O) groups excluding carboxylic acids is 1. The normalized spacial score (nSPS) is 12.7. The topological polar surface area (TPSA) is 88.1 Å². The Labute approximate surface area is 238 Å². The van der Waals surface area contributed by atoms with E-state index < -0.39 is 31.9 Å². The van der Waals surface area contributed by atoms with Crippen LogP contribution in [-0.2, 0) is 44.4 Å². The molecule has 0 saturated heterocycles. The third kappa shape index (κ3) is 7.48. The van der Waals surface area contributed by atoms with Gasteiger partial charge in [0.25, 0.3) is 5.52 Å². The Hall–Kier alpha value is -1.90. The molecule has 0 fully saturated rings. The van der Waals surface area contributed by atoms with E-state index in [2.05, 4.69) is 0 Å². The second kappa shape index (κ2) is 14.3. The number of hydrogen-bond donors (Lipinski definition) is 0. The van der Waals surface area contributed by atoms with Gasteiger partial charge in [-0.25, -0.2) is 0 Å². The van der Waals surface area contributed by atoms with E-state index >= 15 is 0 Å². The minimum Gasteiger partial charge on any atom is -0.304 e. The maximum atomic E-state index is 15.0. The maximum absolute atomic E-state index is 15.0. The zero-order valence-corrected chi connectivity index (χ0v) is 25.5. The molecule has 218 valence electrons. The van der Waals surface area contributed by atoms with E-state index in [1.807, 2.05) is 18.2 Å². The molecule has 0 heterocycles. The molecule has 0 saturated carbocycles. The van der Waals surface area contributed by atoms with Crippen LogP contribution in [0.15, 0.2) is 60.7 Å². The Morgan fingerprint density at radius 2 is 1.25 bits per heavy atom. The van der Waals surface area contributed by atoms with Crippen molar-refractivity contribution in [3.8, 4) is 0 Å². The van der Waals surface area contributed by atoms with Gasteiger partial charge in [-0.15, -0.1) is 0 Å². The standard InChI is InChI=1S/C28H34F2O7P2S/c1-5-34-38(32,35-6-2)27(31)24-14-13-23-12-9-22(17-25(23)18-24)20-40-19-21-10-15-26(16-11-21)28(29,30)39(33,36-7-3)37-8-4/h9-18H,5-8,19-20H2,1-4H3. The van der Waals surface area contributed by atoms with Gasteiger partial charge in [-0.1, -0.05) is 54.6 Å². The Kier molecular flexibility index (Phi) is 11.7. The van der Waals surface area contributed by atoms with Crippen molar-refractivity contribution in [2.24, 2.45) is 0 Å². The fraction of sp³-hybridized carbons (Fsp3) is 0.393. The average Bonchev–Trinajstić information content (AvgIpc) is 2.93. The molecule has 0 radical (unpaired) electrons. The minimum absolute atomic E-state index is 0.0878. The van der Waals surface area contributed by atoms with Crippen molar-refractivity contribution in [3.63, 3.8) is 0 Å². The molecule has 0 atom stereocenters. The minimum atomic E-state index is -4.66. The summed E-state index contributed by atoms with van der Waals surface area (Å²) >= 11 is 1.59. The van der Waals surface area contributed by atoms with Gasteiger partial charge in [-0.05, 0) is 55.7 Å². The summed E-state index contributed by atoms with van der Waals surface area (Å²) in [4.78, 5) is 12.9. The van der Waals surface area contributed by atoms with Gasteiger partial charge >= 0.3 is 20.9 Å². The van der Waals surface area contributed by atoms with Gasteiger partial charge in [0.15, 0.2) is 0 Å². The van der Waals surface area contributed by atoms with Crippen LogP contribution in [0.1, 0.15) is 54.7 Å². The Morgan fingerprint density at radius 1 is 0.725 bits per heavy atom. The smallest absolute Gasteiger partial charge is 0.304 e. The van der Waals surface area contributed by atoms with E-state index in [-0.39, 0.29) is 32.0 Å². The molecule has 3 aromatic carbocycles. The number of thioether (sulfide) groups is 1. The molecule has 0 unspecified atom stereocenters. The van der Waals surface area contributed by atoms with Crippen LogP contribution in [0.25, 0.3) is 10.8 Å². The summed E-state index contributed by atoms with van der Waals surface area (Å²) in [5, 5.41) is 1.73. The van der Waals surface area contributed by atoms with Crippen LogP contribution in [0.4, 0.5) is 8.78 Å². The molecule has 0 bridgehead atoms. The highest BCUT2D eigenvalue weighted by atomic mass is 32.2. The predicted molar refractivity (Wildman–Crippen MR) is 155 cm³/mol. The first-order valence-corrected chi connectivity index (χ1v) is 17.2. The first-order valence-electron chi connectivity index (χ1n) is 12.9. The van der Waals surface area contributed by atoms with Crippen molar-refractivity contribution in [2.75, 3.05) is 26.4 Å². The molecule has 0 aromatic heterocycles. The van der Waals surface area contributed by atoms with Gasteiger partial charge in [0.2, 0.25) is 0 Å². The van der Waals surface area contributed by atoms with Gasteiger partial charge in [0.05, 0.1) is 26.4 Å². The van der Waals surface area contributed by atoms with Gasteiger partial charge in [0.1, 0.15) is 0 Å². The molecule has 40 heavy (non-hydrogen) atoms. The SMILES string of the molecule is CCOP(=O)(OCC)C(=O)c1ccc2ccc(CSCc3ccc(C(F)(F)P(=O)(OCC)OCC)cc3)cc2c1. The van der Waals surface area contributed by atoms with Crippen LogP contribution in [0.3, 0.4) is 0 Å². The van der Waals surface area contributed by atoms with Gasteiger partial charge in [-0.2, -0.15) is 20.5 Å². The second-order valence-electron chi connectivity index (χ2n) is 8.60. The predicted octanol–water partition coefficient (Wildman–Crippen LogP) is 8.99. The molecule has 0 spiro atoms. The molecule has 7 nitrogen and oxygen atoms in total. The van der Waals surface area contributed by atoms with Gasteiger partial charge < -0.3 is 18.1 Å². The van der Waals surface area contributed by atoms with Crippen LogP contribution >= 0.6 is 27.0 Å². The monoisotopic (exact) mass is 614 g/mol. The van der Waals surface area contributed by atoms with E-state index in [0.717, 1.165) is 21.9 Å². The first-order chi connectivity index (χ1) is 19.0. The van der Waals surface area contributed by atoms with Crippen molar-refractivity contribution in [3.05, 3.63) is 82.9 Å². The fourth-order valence-corrected chi connectivity index (χ4v) is 7.89. The summed E-state index contributed by atoms with van der Waals surface area (Å²) in [5.74, 6) is 1.19. The largest absolute Gasteiger partial charge is 0.404 e. The summed E-state index contributed by atoms with van der Waals surface area (Å²) in [5.41, 5.74) is -2.80. The van der Waals surface area contributed by atoms with Crippen molar-refractivity contribution in [1.82, 2.24) is 0 Å². The Bertz CT molecular complexity index is 1380. The van der Waals surface area contributed by atoms with E-state index in [9.17, 15) is 22.7 Å². The zero-order valence-electron chi connectivity index (χ0n) is 22.9. The molecular formula is C28H34F2O7P2S. The van der Waals surface area contributed by atoms with Crippen LogP contribution in [0.5, 0.6) is 0 Å². The molecule has 0 N–H and O–H groups in total. The Balaban J connectivity index is 1.69. The molecule has 0 aliphatic heterocycles. The van der Waals surface area contributed by atoms with Crippen LogP contribution in [0.2, 0.25) is 0 Å². The molecule has 3 rings (SSSR count). The van der Waals surface area contributed by atoms with Crippen molar-refractivity contribution in [2.45, 2.75) is 44.9 Å². The van der Waals surface area contributed by atoms with Crippen molar-refractivity contribution >= 4 is 43.3 Å². The summed E-state index contributed by atoms with van der Waals surface area (Å²) in [7, 11) is -8.58. The number of fused-ring (bicyclic) bond motifs is 1. The van der Waals surface area contributed by atoms with E-state index in [1.165, 1.54) is 26.0 Å². The number of alkyl halides is 2. The lowest BCUT2D eigenvalue weighted by Crippen LogP contribution is -2.18. The average molecular weight is 615 g/mol. The van der Waals surface area contributed by atoms with Crippen molar-refractivity contribution in [1.29, 1.82) is 0 Å². The maximum Gasteiger partial charge on any atom is 0.404 e. The third-order valence-electron chi connectivity index (χ3n) is 5.78. The number of rotatable bonds is 16. The third-order valence-corrected chi connectivity index (χ3v) is 10.9. The molecule has 0 amide bonds. The quantitative estimate of drug-likeness (QED) is 0.148. The highest BCUT2D eigenvalue weighted by Gasteiger charge is 2.54. The number of benzene rings is 3. The lowest BCUT2D eigenvalue weighted by molar-refractivity contribution is 0.0360. The molecule has 3 aromatic rings. The fourth-order valence-electron chi connectivity index (χ4n) is 3.96. The number of hydrogen-bond acceptors (Lipinski definition) is 8. The summed E-state index contributed by atoms with van der Waals surface area (Å²) < 4.78 is 75.6. The summed E-state index contributed by atoms with van der Waals surface area (Å²) in [6.07, 6.45) is 0. The van der Waals surface area contributed by atoms with Crippen molar-refractivity contribution < 1.29 is 40.8 Å². The number of carbonyl (C=O) groups is 1. The molecule has 0 aliphatic carbocycles. The van der Waals surface area contributed by atoms with Gasteiger partial charge in [-0.3, -0.25) is 13.9 Å². The van der Waals surface area contributed by atoms with Gasteiger partial charge in [0, 0.05) is 22.6 Å². The Morgan fingerprint density at radius 3 is 1.82 bits per heavy atom. The van der Waals surface area contributed by atoms with E-state index in [4.69, 9.17) is 18.1 Å². The first kappa shape index (κ1) is 32.6. The zero-order chi connectivity index (χ0) is 29.4. The molecule has 0 aliphatic rings. The second-order valence-corrected chi connectivity index (χ2v) is 13.6. The van der Waals surface area contributed by atoms with E-state index in [0.29, 0.717) is 11.5 Å². The van der Waals surface area contributed by atoms with E-state index in [1.54, 1.807) is 55.9 Å². The number of halogens is 2. The van der Waals surface area contributed by atoms with Crippen LogP contribution in [-0.4, -0.2) is 32.0 Å². The summed E-state index contributed by atoms with van der Waals surface area (Å²) in [6.45, 7) is 6.13. The van der Waals surface area contributed by atoms with Crippen LogP contribution < -0.4 is 0 Å². The lowest BCUT2D eigenvalue weighted by atomic mass is 10.1. The highest BCUT2D eigenvalue weighted by Crippen LogP contribution is 2.66. The molecule has 12 heteroatoms.